The van der Waals surface area contributed by atoms with Gasteiger partial charge in [-0.15, -0.1) is 0 Å². The van der Waals surface area contributed by atoms with Crippen LogP contribution in [0.5, 0.6) is 0 Å². The number of ether oxygens (including phenoxy) is 2. The molecular weight excluding hydrogens is 484 g/mol. The van der Waals surface area contributed by atoms with Gasteiger partial charge in [-0.25, -0.2) is 9.59 Å². The van der Waals surface area contributed by atoms with Crippen LogP contribution in [-0.4, -0.2) is 47.8 Å². The topological polar surface area (TPSA) is 118 Å². The molecule has 0 bridgehead atoms. The molecule has 0 atom stereocenters. The molecule has 38 heavy (non-hydrogen) atoms. The second kappa shape index (κ2) is 13.9. The minimum atomic E-state index is -0.737. The van der Waals surface area contributed by atoms with Gasteiger partial charge in [-0.05, 0) is 26.0 Å². The number of nitrogens with zero attached hydrogens (tertiary/aromatic N) is 2. The maximum Gasteiger partial charge on any atom is 0.343 e. The molecule has 0 spiro atoms. The maximum atomic E-state index is 12.6. The zero-order chi connectivity index (χ0) is 27.3. The van der Waals surface area contributed by atoms with E-state index in [1.54, 1.807) is 98.8 Å². The van der Waals surface area contributed by atoms with Crippen molar-refractivity contribution in [3.8, 4) is 0 Å². The van der Waals surface area contributed by atoms with Gasteiger partial charge in [0.15, 0.2) is 0 Å². The molecular formula is C30H28N2O6. The molecule has 8 nitrogen and oxygen atoms in total. The van der Waals surface area contributed by atoms with Crippen molar-refractivity contribution in [2.45, 2.75) is 13.8 Å². The number of aliphatic hydroxyl groups is 2. The lowest BCUT2D eigenvalue weighted by molar-refractivity contribution is -0.138. The lowest BCUT2D eigenvalue weighted by Crippen LogP contribution is -2.11. The van der Waals surface area contributed by atoms with Crippen LogP contribution in [0.2, 0.25) is 0 Å². The maximum absolute atomic E-state index is 12.6. The average molecular weight is 513 g/mol. The van der Waals surface area contributed by atoms with Crippen LogP contribution in [0.3, 0.4) is 0 Å². The van der Waals surface area contributed by atoms with Gasteiger partial charge < -0.3 is 19.7 Å². The van der Waals surface area contributed by atoms with E-state index in [4.69, 9.17) is 9.47 Å². The van der Waals surface area contributed by atoms with Gasteiger partial charge in [0.25, 0.3) is 0 Å². The van der Waals surface area contributed by atoms with Crippen LogP contribution in [0.4, 0.5) is 11.4 Å². The Morgan fingerprint density at radius 1 is 0.632 bits per heavy atom. The van der Waals surface area contributed by atoms with E-state index in [2.05, 4.69) is 9.98 Å². The number of hydrogen-bond donors (Lipinski definition) is 2. The first-order valence-electron chi connectivity index (χ1n) is 11.9. The Balaban J connectivity index is 2.02. The molecule has 0 aliphatic rings. The number of aliphatic hydroxyl groups excluding tert-OH is 2. The highest BCUT2D eigenvalue weighted by Gasteiger charge is 2.18. The first-order valence-corrected chi connectivity index (χ1v) is 11.9. The third-order valence-electron chi connectivity index (χ3n) is 5.14. The molecule has 194 valence electrons. The first-order chi connectivity index (χ1) is 18.5. The van der Waals surface area contributed by atoms with Crippen LogP contribution in [0.25, 0.3) is 11.5 Å². The number of para-hydroxylation sites is 2. The van der Waals surface area contributed by atoms with E-state index in [1.165, 1.54) is 12.4 Å². The number of rotatable bonds is 10. The van der Waals surface area contributed by atoms with Crippen molar-refractivity contribution < 1.29 is 29.3 Å². The smallest absolute Gasteiger partial charge is 0.343 e. The average Bonchev–Trinajstić information content (AvgIpc) is 2.95. The summed E-state index contributed by atoms with van der Waals surface area (Å²) in [6, 6.07) is 23.9. The highest BCUT2D eigenvalue weighted by Crippen LogP contribution is 2.28. The molecule has 2 N–H and O–H groups in total. The Labute approximate surface area is 220 Å². The highest BCUT2D eigenvalue weighted by molar-refractivity contribution is 6.16. The van der Waals surface area contributed by atoms with Crippen LogP contribution < -0.4 is 0 Å². The first kappa shape index (κ1) is 27.6. The Kier molecular flexibility index (Phi) is 10.1. The Bertz CT molecular complexity index is 1270. The predicted molar refractivity (Wildman–Crippen MR) is 148 cm³/mol. The van der Waals surface area contributed by atoms with Gasteiger partial charge in [0.1, 0.15) is 22.7 Å². The van der Waals surface area contributed by atoms with Gasteiger partial charge in [0, 0.05) is 23.6 Å². The summed E-state index contributed by atoms with van der Waals surface area (Å²) in [5.74, 6) is -2.04. The quantitative estimate of drug-likeness (QED) is 0.145. The zero-order valence-electron chi connectivity index (χ0n) is 21.1. The largest absolute Gasteiger partial charge is 0.506 e. The summed E-state index contributed by atoms with van der Waals surface area (Å²) in [4.78, 5) is 33.9. The summed E-state index contributed by atoms with van der Waals surface area (Å²) >= 11 is 0. The molecule has 0 radical (unpaired) electrons. The van der Waals surface area contributed by atoms with Crippen molar-refractivity contribution in [2.75, 3.05) is 13.2 Å². The van der Waals surface area contributed by atoms with Crippen molar-refractivity contribution >= 4 is 47.3 Å². The summed E-state index contributed by atoms with van der Waals surface area (Å²) in [7, 11) is 0. The fraction of sp³-hybridized carbons (Fsp3) is 0.133. The number of hydrogen-bond acceptors (Lipinski definition) is 8. The van der Waals surface area contributed by atoms with Gasteiger partial charge in [-0.2, -0.15) is 0 Å². The van der Waals surface area contributed by atoms with Crippen LogP contribution in [-0.2, 0) is 19.1 Å². The third-order valence-corrected chi connectivity index (χ3v) is 5.14. The molecule has 0 aromatic heterocycles. The summed E-state index contributed by atoms with van der Waals surface area (Å²) in [6.07, 6.45) is 2.41. The number of esters is 2. The van der Waals surface area contributed by atoms with E-state index >= 15 is 0 Å². The highest BCUT2D eigenvalue weighted by atomic mass is 16.5. The van der Waals surface area contributed by atoms with Gasteiger partial charge in [-0.3, -0.25) is 9.98 Å². The zero-order valence-corrected chi connectivity index (χ0v) is 21.1. The Hall–Kier alpha value is -4.98. The van der Waals surface area contributed by atoms with E-state index in [-0.39, 0.29) is 35.9 Å². The minimum absolute atomic E-state index is 0.118. The summed E-state index contributed by atoms with van der Waals surface area (Å²) in [6.45, 7) is 3.56. The lowest BCUT2D eigenvalue weighted by atomic mass is 10.1. The monoisotopic (exact) mass is 512 g/mol. The van der Waals surface area contributed by atoms with Gasteiger partial charge in [-0.1, -0.05) is 72.8 Å². The predicted octanol–water partition coefficient (Wildman–Crippen LogP) is 6.16. The fourth-order valence-electron chi connectivity index (χ4n) is 3.29. The molecule has 0 saturated carbocycles. The second-order valence-corrected chi connectivity index (χ2v) is 7.70. The van der Waals surface area contributed by atoms with Crippen LogP contribution >= 0.6 is 0 Å². The van der Waals surface area contributed by atoms with Crippen molar-refractivity contribution in [1.29, 1.82) is 0 Å². The number of benzene rings is 3. The second-order valence-electron chi connectivity index (χ2n) is 7.70. The van der Waals surface area contributed by atoms with Crippen molar-refractivity contribution in [3.63, 3.8) is 0 Å². The number of carbonyl (C=O) groups is 2. The van der Waals surface area contributed by atoms with Crippen LogP contribution in [0.15, 0.2) is 106 Å². The molecule has 0 fully saturated rings. The molecule has 0 heterocycles. The summed E-state index contributed by atoms with van der Waals surface area (Å²) < 4.78 is 10.2. The van der Waals surface area contributed by atoms with Gasteiger partial charge in [0.05, 0.1) is 24.6 Å². The number of aliphatic imine (C=N–C) groups is 2. The molecule has 8 heteroatoms. The van der Waals surface area contributed by atoms with E-state index in [1.807, 2.05) is 0 Å². The van der Waals surface area contributed by atoms with E-state index in [0.29, 0.717) is 22.5 Å². The van der Waals surface area contributed by atoms with Crippen LogP contribution in [0.1, 0.15) is 25.0 Å². The summed E-state index contributed by atoms with van der Waals surface area (Å²) in [5.41, 5.74) is 1.27. The molecule has 0 aliphatic carbocycles. The van der Waals surface area contributed by atoms with Gasteiger partial charge in [0.2, 0.25) is 0 Å². The van der Waals surface area contributed by atoms with Crippen LogP contribution in [0, 0.1) is 0 Å². The van der Waals surface area contributed by atoms with Gasteiger partial charge >= 0.3 is 11.9 Å². The fourth-order valence-corrected chi connectivity index (χ4v) is 3.29. The molecule has 3 aromatic carbocycles. The van der Waals surface area contributed by atoms with E-state index in [0.717, 1.165) is 0 Å². The molecule has 3 aromatic rings. The van der Waals surface area contributed by atoms with Crippen molar-refractivity contribution in [3.05, 3.63) is 107 Å². The Morgan fingerprint density at radius 2 is 0.974 bits per heavy atom. The SMILES string of the molecule is CCOC(=O)/C(C=Nc1ccccc1N=C/C(C(=O)OCC)=C(\O)c1ccccc1)=C(\O)c1ccccc1. The van der Waals surface area contributed by atoms with Crippen molar-refractivity contribution in [2.24, 2.45) is 9.98 Å². The van der Waals surface area contributed by atoms with E-state index in [9.17, 15) is 19.8 Å². The van der Waals surface area contributed by atoms with Crippen molar-refractivity contribution in [1.82, 2.24) is 0 Å². The standard InChI is InChI=1S/C30H28N2O6/c1-3-37-29(35)23(27(33)21-13-7-5-8-14-21)19-31-25-17-11-12-18-26(25)32-20-24(30(36)38-4-2)28(34)22-15-9-6-10-16-22/h5-20,33-34H,3-4H2,1-2H3/b27-23-,28-24+,31-19?,32-20?. The minimum Gasteiger partial charge on any atom is -0.506 e. The van der Waals surface area contributed by atoms with E-state index < -0.39 is 11.9 Å². The molecule has 3 rings (SSSR count). The summed E-state index contributed by atoms with van der Waals surface area (Å²) in [5, 5.41) is 21.5. The number of carbonyl (C=O) groups excluding carboxylic acids is 2. The molecule has 0 unspecified atom stereocenters. The normalized spacial score (nSPS) is 12.7. The lowest BCUT2D eigenvalue weighted by Gasteiger charge is -2.08. The molecule has 0 aliphatic heterocycles. The Morgan fingerprint density at radius 3 is 1.32 bits per heavy atom. The third kappa shape index (κ3) is 7.27. The molecule has 0 amide bonds. The molecule has 0 saturated heterocycles.